The number of amidine groups is 1. The Labute approximate surface area is 89.6 Å². The Morgan fingerprint density at radius 1 is 1.67 bits per heavy atom. The molecular formula is C8H17N3O3S. The third-order valence-corrected chi connectivity index (χ3v) is 3.87. The van der Waals surface area contributed by atoms with E-state index >= 15 is 0 Å². The summed E-state index contributed by atoms with van der Waals surface area (Å²) in [5, 5.41) is 11.4. The van der Waals surface area contributed by atoms with Crippen molar-refractivity contribution in [2.24, 2.45) is 16.8 Å². The van der Waals surface area contributed by atoms with Gasteiger partial charge in [0.25, 0.3) is 0 Å². The second kappa shape index (κ2) is 4.80. The van der Waals surface area contributed by atoms with E-state index in [1.54, 1.807) is 6.92 Å². The van der Waals surface area contributed by atoms with Crippen molar-refractivity contribution in [1.29, 1.82) is 0 Å². The van der Waals surface area contributed by atoms with Gasteiger partial charge in [0.1, 0.15) is 0 Å². The molecule has 6 nitrogen and oxygen atoms in total. The van der Waals surface area contributed by atoms with Crippen molar-refractivity contribution < 1.29 is 13.6 Å². The summed E-state index contributed by atoms with van der Waals surface area (Å²) in [4.78, 5) is 0. The molecule has 1 atom stereocenters. The summed E-state index contributed by atoms with van der Waals surface area (Å²) in [5.41, 5.74) is 5.43. The molecule has 1 rings (SSSR count). The van der Waals surface area contributed by atoms with Gasteiger partial charge >= 0.3 is 0 Å². The first-order valence-corrected chi connectivity index (χ1v) is 6.62. The van der Waals surface area contributed by atoms with Crippen molar-refractivity contribution in [2.75, 3.05) is 5.75 Å². The molecular weight excluding hydrogens is 218 g/mol. The van der Waals surface area contributed by atoms with E-state index in [-0.39, 0.29) is 17.5 Å². The third-order valence-electron chi connectivity index (χ3n) is 2.31. The van der Waals surface area contributed by atoms with Gasteiger partial charge in [-0.2, -0.15) is 0 Å². The van der Waals surface area contributed by atoms with Gasteiger partial charge in [-0.1, -0.05) is 12.1 Å². The molecule has 0 aliphatic heterocycles. The van der Waals surface area contributed by atoms with Crippen LogP contribution in [0.1, 0.15) is 26.2 Å². The van der Waals surface area contributed by atoms with Gasteiger partial charge in [0, 0.05) is 0 Å². The Hall–Kier alpha value is -0.820. The molecule has 88 valence electrons. The van der Waals surface area contributed by atoms with Crippen LogP contribution in [0.15, 0.2) is 5.16 Å². The average molecular weight is 235 g/mol. The molecule has 0 heterocycles. The number of hydrogen-bond acceptors (Lipinski definition) is 4. The Kier molecular flexibility index (Phi) is 3.92. The number of sulfonamides is 1. The second-order valence-electron chi connectivity index (χ2n) is 3.78. The lowest BCUT2D eigenvalue weighted by Crippen LogP contribution is -2.46. The Balaban J connectivity index is 2.67. The van der Waals surface area contributed by atoms with Gasteiger partial charge < -0.3 is 10.9 Å². The maximum Gasteiger partial charge on any atom is 0.212 e. The molecule has 15 heavy (non-hydrogen) atoms. The van der Waals surface area contributed by atoms with Crippen LogP contribution < -0.4 is 10.5 Å². The lowest BCUT2D eigenvalue weighted by Gasteiger charge is -2.16. The number of rotatable bonds is 6. The van der Waals surface area contributed by atoms with Crippen LogP contribution in [0.3, 0.4) is 0 Å². The van der Waals surface area contributed by atoms with E-state index in [0.717, 1.165) is 12.8 Å². The van der Waals surface area contributed by atoms with E-state index in [0.29, 0.717) is 6.42 Å². The Bertz CT molecular complexity index is 335. The summed E-state index contributed by atoms with van der Waals surface area (Å²) in [6, 6.07) is -0.549. The minimum Gasteiger partial charge on any atom is -0.409 e. The molecule has 0 aromatic rings. The number of hydrogen-bond donors (Lipinski definition) is 3. The predicted octanol–water partition coefficient (Wildman–Crippen LogP) is -0.159. The van der Waals surface area contributed by atoms with Gasteiger partial charge in [0.2, 0.25) is 10.0 Å². The quantitative estimate of drug-likeness (QED) is 0.257. The molecule has 0 saturated heterocycles. The SMILES string of the molecule is CCCS(=O)(=O)NC(C(N)=NO)C1CC1. The van der Waals surface area contributed by atoms with Crippen LogP contribution in [-0.2, 0) is 10.0 Å². The first-order chi connectivity index (χ1) is 7.00. The Morgan fingerprint density at radius 2 is 2.27 bits per heavy atom. The van der Waals surface area contributed by atoms with Crippen molar-refractivity contribution in [3.63, 3.8) is 0 Å². The van der Waals surface area contributed by atoms with Crippen LogP contribution in [0.4, 0.5) is 0 Å². The average Bonchev–Trinajstić information content (AvgIpc) is 2.96. The highest BCUT2D eigenvalue weighted by Crippen LogP contribution is 2.33. The van der Waals surface area contributed by atoms with Crippen LogP contribution in [0, 0.1) is 5.92 Å². The van der Waals surface area contributed by atoms with Crippen LogP contribution in [0.5, 0.6) is 0 Å². The zero-order valence-corrected chi connectivity index (χ0v) is 9.50. The molecule has 0 bridgehead atoms. The van der Waals surface area contributed by atoms with E-state index in [9.17, 15) is 8.42 Å². The van der Waals surface area contributed by atoms with Gasteiger partial charge in [-0.05, 0) is 25.2 Å². The Morgan fingerprint density at radius 3 is 2.67 bits per heavy atom. The van der Waals surface area contributed by atoms with Crippen molar-refractivity contribution in [2.45, 2.75) is 32.2 Å². The maximum atomic E-state index is 11.5. The molecule has 0 radical (unpaired) electrons. The fraction of sp³-hybridized carbons (Fsp3) is 0.875. The minimum absolute atomic E-state index is 0.0582. The van der Waals surface area contributed by atoms with Crippen molar-refractivity contribution in [3.05, 3.63) is 0 Å². The predicted molar refractivity (Wildman–Crippen MR) is 57.1 cm³/mol. The summed E-state index contributed by atoms with van der Waals surface area (Å²) in [7, 11) is -3.31. The lowest BCUT2D eigenvalue weighted by molar-refractivity contribution is 0.314. The van der Waals surface area contributed by atoms with Crippen LogP contribution >= 0.6 is 0 Å². The van der Waals surface area contributed by atoms with Gasteiger partial charge in [-0.15, -0.1) is 0 Å². The number of nitrogens with one attached hydrogen (secondary N) is 1. The molecule has 0 aromatic heterocycles. The highest BCUT2D eigenvalue weighted by molar-refractivity contribution is 7.89. The van der Waals surface area contributed by atoms with Crippen LogP contribution in [-0.4, -0.2) is 31.3 Å². The number of nitrogens with zero attached hydrogens (tertiary/aromatic N) is 1. The zero-order chi connectivity index (χ0) is 11.5. The van der Waals surface area contributed by atoms with E-state index in [1.165, 1.54) is 0 Å². The normalized spacial score (nSPS) is 20.2. The molecule has 1 aliphatic rings. The smallest absolute Gasteiger partial charge is 0.212 e. The summed E-state index contributed by atoms with van der Waals surface area (Å²) in [6.07, 6.45) is 2.37. The van der Waals surface area contributed by atoms with Crippen LogP contribution in [0.2, 0.25) is 0 Å². The molecule has 4 N–H and O–H groups in total. The molecule has 1 saturated carbocycles. The topological polar surface area (TPSA) is 105 Å². The monoisotopic (exact) mass is 235 g/mol. The maximum absolute atomic E-state index is 11.5. The number of nitrogens with two attached hydrogens (primary N) is 1. The molecule has 1 fully saturated rings. The van der Waals surface area contributed by atoms with Gasteiger partial charge in [-0.3, -0.25) is 0 Å². The van der Waals surface area contributed by atoms with Gasteiger partial charge in [0.05, 0.1) is 11.8 Å². The third kappa shape index (κ3) is 3.67. The minimum atomic E-state index is -3.31. The fourth-order valence-electron chi connectivity index (χ4n) is 1.41. The largest absolute Gasteiger partial charge is 0.409 e. The van der Waals surface area contributed by atoms with Gasteiger partial charge in [-0.25, -0.2) is 13.1 Å². The molecule has 0 amide bonds. The van der Waals surface area contributed by atoms with E-state index in [4.69, 9.17) is 10.9 Å². The van der Waals surface area contributed by atoms with E-state index in [2.05, 4.69) is 9.88 Å². The van der Waals surface area contributed by atoms with Crippen molar-refractivity contribution in [3.8, 4) is 0 Å². The molecule has 7 heteroatoms. The van der Waals surface area contributed by atoms with E-state index < -0.39 is 16.1 Å². The molecule has 0 aromatic carbocycles. The summed E-state index contributed by atoms with van der Waals surface area (Å²) >= 11 is 0. The van der Waals surface area contributed by atoms with Crippen LogP contribution in [0.25, 0.3) is 0 Å². The first kappa shape index (κ1) is 12.3. The fourth-order valence-corrected chi connectivity index (χ4v) is 2.77. The zero-order valence-electron chi connectivity index (χ0n) is 8.68. The summed E-state index contributed by atoms with van der Waals surface area (Å²) in [6.45, 7) is 1.79. The molecule has 1 aliphatic carbocycles. The molecule has 1 unspecified atom stereocenters. The van der Waals surface area contributed by atoms with E-state index in [1.807, 2.05) is 0 Å². The van der Waals surface area contributed by atoms with Crippen molar-refractivity contribution >= 4 is 15.9 Å². The van der Waals surface area contributed by atoms with Crippen molar-refractivity contribution in [1.82, 2.24) is 4.72 Å². The molecule has 0 spiro atoms. The standard InChI is InChI=1S/C8H17N3O3S/c1-2-5-15(13,14)11-7(6-3-4-6)8(9)10-12/h6-7,11-12H,2-5H2,1H3,(H2,9,10). The highest BCUT2D eigenvalue weighted by Gasteiger charge is 2.36. The summed E-state index contributed by atoms with van der Waals surface area (Å²) < 4.78 is 25.4. The number of oxime groups is 1. The highest BCUT2D eigenvalue weighted by atomic mass is 32.2. The second-order valence-corrected chi connectivity index (χ2v) is 5.65. The van der Waals surface area contributed by atoms with Gasteiger partial charge in [0.15, 0.2) is 5.84 Å². The summed E-state index contributed by atoms with van der Waals surface area (Å²) in [5.74, 6) is 0.180. The lowest BCUT2D eigenvalue weighted by atomic mass is 10.2. The first-order valence-electron chi connectivity index (χ1n) is 4.97.